The standard InChI is InChI=1S/C5H8N2O/c1-4-5(3-6)7(4)8-2/h4-5H,1-2H3. The van der Waals surface area contributed by atoms with Gasteiger partial charge in [-0.05, 0) is 6.92 Å². The van der Waals surface area contributed by atoms with Gasteiger partial charge in [-0.3, -0.25) is 0 Å². The van der Waals surface area contributed by atoms with Gasteiger partial charge in [0.1, 0.15) is 6.04 Å². The van der Waals surface area contributed by atoms with Gasteiger partial charge in [-0.1, -0.05) is 0 Å². The van der Waals surface area contributed by atoms with Crippen molar-refractivity contribution >= 4 is 0 Å². The van der Waals surface area contributed by atoms with Crippen molar-refractivity contribution in [3.8, 4) is 6.07 Å². The highest BCUT2D eigenvalue weighted by molar-refractivity contribution is 5.08. The Labute approximate surface area is 48.4 Å². The van der Waals surface area contributed by atoms with Crippen LogP contribution in [-0.2, 0) is 4.84 Å². The highest BCUT2D eigenvalue weighted by Crippen LogP contribution is 2.25. The van der Waals surface area contributed by atoms with Crippen molar-refractivity contribution in [2.24, 2.45) is 0 Å². The molecule has 3 unspecified atom stereocenters. The lowest BCUT2D eigenvalue weighted by Crippen LogP contribution is -1.96. The zero-order valence-corrected chi connectivity index (χ0v) is 4.96. The van der Waals surface area contributed by atoms with Crippen LogP contribution in [0.1, 0.15) is 6.92 Å². The molecule has 0 aromatic carbocycles. The van der Waals surface area contributed by atoms with Crippen LogP contribution in [0.5, 0.6) is 0 Å². The van der Waals surface area contributed by atoms with Gasteiger partial charge < -0.3 is 4.84 Å². The topological polar surface area (TPSA) is 36.0 Å². The van der Waals surface area contributed by atoms with E-state index in [0.29, 0.717) is 6.04 Å². The number of hydrogen-bond acceptors (Lipinski definition) is 3. The Hall–Kier alpha value is -0.590. The lowest BCUT2D eigenvalue weighted by Gasteiger charge is -1.90. The number of nitriles is 1. The molecule has 0 radical (unpaired) electrons. The lowest BCUT2D eigenvalue weighted by molar-refractivity contribution is -0.0415. The van der Waals surface area contributed by atoms with Gasteiger partial charge in [0, 0.05) is 0 Å². The molecule has 0 aromatic heterocycles. The molecular weight excluding hydrogens is 104 g/mol. The van der Waals surface area contributed by atoms with Crippen LogP contribution in [0.4, 0.5) is 0 Å². The van der Waals surface area contributed by atoms with Crippen molar-refractivity contribution < 1.29 is 4.84 Å². The first-order chi connectivity index (χ1) is 3.81. The van der Waals surface area contributed by atoms with E-state index in [1.165, 1.54) is 0 Å². The molecule has 0 saturated carbocycles. The van der Waals surface area contributed by atoms with Crippen LogP contribution in [0, 0.1) is 11.3 Å². The fourth-order valence-corrected chi connectivity index (χ4v) is 0.767. The Morgan fingerprint density at radius 2 is 2.38 bits per heavy atom. The predicted octanol–water partition coefficient (Wildman–Crippen LogP) is 0.144. The first-order valence-corrected chi connectivity index (χ1v) is 2.53. The number of hydrogen-bond donors (Lipinski definition) is 0. The fourth-order valence-electron chi connectivity index (χ4n) is 0.767. The predicted molar refractivity (Wildman–Crippen MR) is 27.7 cm³/mol. The molecule has 8 heavy (non-hydrogen) atoms. The van der Waals surface area contributed by atoms with E-state index in [-0.39, 0.29) is 6.04 Å². The molecule has 0 aliphatic carbocycles. The van der Waals surface area contributed by atoms with Crippen molar-refractivity contribution in [2.45, 2.75) is 19.0 Å². The van der Waals surface area contributed by atoms with Gasteiger partial charge in [0.25, 0.3) is 0 Å². The van der Waals surface area contributed by atoms with Crippen molar-refractivity contribution in [1.29, 1.82) is 5.26 Å². The van der Waals surface area contributed by atoms with E-state index < -0.39 is 0 Å². The molecule has 0 amide bonds. The minimum absolute atomic E-state index is 0.000000000000000222. The second-order valence-corrected chi connectivity index (χ2v) is 1.86. The Balaban J connectivity index is 2.37. The van der Waals surface area contributed by atoms with Gasteiger partial charge in [-0.15, -0.1) is 0 Å². The normalized spacial score (nSPS) is 43.4. The molecule has 0 spiro atoms. The Kier molecular flexibility index (Phi) is 1.20. The molecule has 1 fully saturated rings. The average Bonchev–Trinajstić information content (AvgIpc) is 2.40. The third-order valence-electron chi connectivity index (χ3n) is 1.39. The molecule has 1 rings (SSSR count). The van der Waals surface area contributed by atoms with Crippen LogP contribution in [0.15, 0.2) is 0 Å². The van der Waals surface area contributed by atoms with Gasteiger partial charge >= 0.3 is 0 Å². The maximum Gasteiger partial charge on any atom is 0.140 e. The second kappa shape index (κ2) is 1.73. The first-order valence-electron chi connectivity index (χ1n) is 2.53. The van der Waals surface area contributed by atoms with Gasteiger partial charge in [0.15, 0.2) is 0 Å². The molecule has 3 heteroatoms. The van der Waals surface area contributed by atoms with Crippen LogP contribution >= 0.6 is 0 Å². The first kappa shape index (κ1) is 5.54. The summed E-state index contributed by atoms with van der Waals surface area (Å²) in [6.07, 6.45) is 0. The maximum atomic E-state index is 8.31. The van der Waals surface area contributed by atoms with Crippen molar-refractivity contribution in [2.75, 3.05) is 7.11 Å². The van der Waals surface area contributed by atoms with Crippen LogP contribution in [-0.4, -0.2) is 24.3 Å². The summed E-state index contributed by atoms with van der Waals surface area (Å²) >= 11 is 0. The highest BCUT2D eigenvalue weighted by Gasteiger charge is 2.45. The summed E-state index contributed by atoms with van der Waals surface area (Å²) in [5.41, 5.74) is 0. The van der Waals surface area contributed by atoms with Gasteiger partial charge in [0.2, 0.25) is 0 Å². The zero-order valence-electron chi connectivity index (χ0n) is 4.96. The Morgan fingerprint density at radius 3 is 2.50 bits per heavy atom. The summed E-state index contributed by atoms with van der Waals surface area (Å²) in [5, 5.41) is 9.96. The van der Waals surface area contributed by atoms with E-state index in [1.807, 2.05) is 6.92 Å². The van der Waals surface area contributed by atoms with Crippen molar-refractivity contribution in [1.82, 2.24) is 5.06 Å². The maximum absolute atomic E-state index is 8.31. The van der Waals surface area contributed by atoms with Crippen LogP contribution in [0.3, 0.4) is 0 Å². The Bertz CT molecular complexity index is 129. The fraction of sp³-hybridized carbons (Fsp3) is 0.800. The SMILES string of the molecule is CON1C(C)C1C#N. The quantitative estimate of drug-likeness (QED) is 0.453. The zero-order chi connectivity index (χ0) is 6.15. The van der Waals surface area contributed by atoms with E-state index in [0.717, 1.165) is 0 Å². The number of hydroxylamine groups is 2. The van der Waals surface area contributed by atoms with E-state index in [9.17, 15) is 0 Å². The molecule has 0 bridgehead atoms. The van der Waals surface area contributed by atoms with Crippen LogP contribution in [0.2, 0.25) is 0 Å². The minimum Gasteiger partial charge on any atom is -0.301 e. The minimum atomic E-state index is -0.000000000000000222. The average molecular weight is 112 g/mol. The monoisotopic (exact) mass is 112 g/mol. The van der Waals surface area contributed by atoms with Gasteiger partial charge in [-0.25, -0.2) is 0 Å². The largest absolute Gasteiger partial charge is 0.301 e. The summed E-state index contributed by atoms with van der Waals surface area (Å²) in [6, 6.07) is 2.39. The third kappa shape index (κ3) is 0.585. The molecule has 44 valence electrons. The summed E-state index contributed by atoms with van der Waals surface area (Å²) in [7, 11) is 1.58. The molecule has 0 aromatic rings. The van der Waals surface area contributed by atoms with Crippen LogP contribution < -0.4 is 0 Å². The second-order valence-electron chi connectivity index (χ2n) is 1.86. The van der Waals surface area contributed by atoms with E-state index in [1.54, 1.807) is 12.2 Å². The number of rotatable bonds is 1. The molecule has 1 heterocycles. The van der Waals surface area contributed by atoms with E-state index in [4.69, 9.17) is 10.1 Å². The molecule has 1 aliphatic heterocycles. The molecule has 3 nitrogen and oxygen atoms in total. The van der Waals surface area contributed by atoms with Gasteiger partial charge in [-0.2, -0.15) is 10.3 Å². The van der Waals surface area contributed by atoms with Crippen molar-refractivity contribution in [3.05, 3.63) is 0 Å². The molecule has 1 aliphatic rings. The molecule has 0 N–H and O–H groups in total. The lowest BCUT2D eigenvalue weighted by atomic mass is 10.4. The summed E-state index contributed by atoms with van der Waals surface area (Å²) in [6.45, 7) is 1.96. The van der Waals surface area contributed by atoms with Crippen molar-refractivity contribution in [3.63, 3.8) is 0 Å². The third-order valence-corrected chi connectivity index (χ3v) is 1.39. The van der Waals surface area contributed by atoms with Crippen LogP contribution in [0.25, 0.3) is 0 Å². The highest BCUT2D eigenvalue weighted by atomic mass is 16.7. The summed E-state index contributed by atoms with van der Waals surface area (Å²) in [5.74, 6) is 0. The summed E-state index contributed by atoms with van der Waals surface area (Å²) in [4.78, 5) is 4.79. The Morgan fingerprint density at radius 1 is 1.75 bits per heavy atom. The molecule has 1 saturated heterocycles. The van der Waals surface area contributed by atoms with Gasteiger partial charge in [0.05, 0.1) is 19.2 Å². The number of nitrogens with zero attached hydrogens (tertiary/aromatic N) is 2. The van der Waals surface area contributed by atoms with E-state index >= 15 is 0 Å². The smallest absolute Gasteiger partial charge is 0.140 e. The molecular formula is C5H8N2O. The molecule has 3 atom stereocenters. The van der Waals surface area contributed by atoms with E-state index in [2.05, 4.69) is 6.07 Å². The summed E-state index contributed by atoms with van der Waals surface area (Å²) < 4.78 is 0.